The maximum Gasteiger partial charge on any atom is 0.0462 e. The zero-order chi connectivity index (χ0) is 22.7. The second kappa shape index (κ2) is 9.28. The van der Waals surface area contributed by atoms with Crippen molar-refractivity contribution >= 4 is 28.7 Å². The van der Waals surface area contributed by atoms with Crippen LogP contribution >= 0.6 is 0 Å². The van der Waals surface area contributed by atoms with Gasteiger partial charge in [-0.25, -0.2) is 0 Å². The van der Waals surface area contributed by atoms with Crippen LogP contribution in [-0.4, -0.2) is 0 Å². The second-order valence-corrected chi connectivity index (χ2v) is 8.74. The van der Waals surface area contributed by atoms with E-state index in [1.54, 1.807) is 0 Å². The highest BCUT2D eigenvalue weighted by molar-refractivity contribution is 5.83. The van der Waals surface area contributed by atoms with Crippen LogP contribution in [0.15, 0.2) is 91.0 Å². The summed E-state index contributed by atoms with van der Waals surface area (Å²) in [5, 5.41) is 0. The van der Waals surface area contributed by atoms with Gasteiger partial charge in [0.05, 0.1) is 0 Å². The SMILES string of the molecule is CC(=Cc1ccc(N(c2ccc(C)cc2)c2ccc(C)cc2)cc1)c1ccc(C)cc1C. The molecule has 32 heavy (non-hydrogen) atoms. The number of benzene rings is 4. The molecule has 0 N–H and O–H groups in total. The predicted molar refractivity (Wildman–Crippen MR) is 140 cm³/mol. The van der Waals surface area contributed by atoms with E-state index in [0.717, 1.165) is 17.1 Å². The molecule has 0 saturated carbocycles. The molecule has 1 nitrogen and oxygen atoms in total. The number of hydrogen-bond donors (Lipinski definition) is 0. The third-order valence-electron chi connectivity index (χ3n) is 5.93. The first-order valence-corrected chi connectivity index (χ1v) is 11.2. The van der Waals surface area contributed by atoms with Gasteiger partial charge in [-0.3, -0.25) is 0 Å². The lowest BCUT2D eigenvalue weighted by Crippen LogP contribution is -2.09. The fourth-order valence-electron chi connectivity index (χ4n) is 4.14. The van der Waals surface area contributed by atoms with Crippen molar-refractivity contribution in [2.45, 2.75) is 34.6 Å². The molecule has 0 aliphatic rings. The van der Waals surface area contributed by atoms with Gasteiger partial charge in [0.25, 0.3) is 0 Å². The van der Waals surface area contributed by atoms with Gasteiger partial charge < -0.3 is 4.90 Å². The molecule has 160 valence electrons. The van der Waals surface area contributed by atoms with E-state index in [-0.39, 0.29) is 0 Å². The molecule has 0 aliphatic heterocycles. The van der Waals surface area contributed by atoms with E-state index in [0.29, 0.717) is 0 Å². The highest BCUT2D eigenvalue weighted by Crippen LogP contribution is 2.35. The van der Waals surface area contributed by atoms with Crippen molar-refractivity contribution in [1.29, 1.82) is 0 Å². The smallest absolute Gasteiger partial charge is 0.0462 e. The van der Waals surface area contributed by atoms with Gasteiger partial charge in [-0.15, -0.1) is 0 Å². The Balaban J connectivity index is 1.69. The summed E-state index contributed by atoms with van der Waals surface area (Å²) >= 11 is 0. The number of anilines is 3. The largest absolute Gasteiger partial charge is 0.311 e. The quantitative estimate of drug-likeness (QED) is 0.293. The maximum atomic E-state index is 2.31. The standard InChI is InChI=1S/C31H31N/c1-22-6-13-28(14-7-22)32(29-15-8-23(2)9-16-29)30-17-11-27(12-18-30)21-26(5)31-19-10-24(3)20-25(31)4/h6-21H,1-5H3. The number of rotatable bonds is 5. The van der Waals surface area contributed by atoms with E-state index in [1.807, 2.05) is 0 Å². The van der Waals surface area contributed by atoms with E-state index in [9.17, 15) is 0 Å². The van der Waals surface area contributed by atoms with Crippen molar-refractivity contribution in [3.05, 3.63) is 124 Å². The highest BCUT2D eigenvalue weighted by Gasteiger charge is 2.12. The Morgan fingerprint density at radius 2 is 1.00 bits per heavy atom. The van der Waals surface area contributed by atoms with Gasteiger partial charge in [0.15, 0.2) is 0 Å². The van der Waals surface area contributed by atoms with Crippen LogP contribution in [0.5, 0.6) is 0 Å². The molecule has 0 spiro atoms. The molecule has 1 heteroatoms. The Morgan fingerprint density at radius 1 is 0.562 bits per heavy atom. The molecule has 0 aromatic heterocycles. The lowest BCUT2D eigenvalue weighted by Gasteiger charge is -2.26. The van der Waals surface area contributed by atoms with Crippen LogP contribution < -0.4 is 4.90 Å². The van der Waals surface area contributed by atoms with Crippen molar-refractivity contribution in [3.8, 4) is 0 Å². The molecule has 0 unspecified atom stereocenters. The minimum atomic E-state index is 1.15. The zero-order valence-electron chi connectivity index (χ0n) is 19.7. The summed E-state index contributed by atoms with van der Waals surface area (Å²) in [7, 11) is 0. The summed E-state index contributed by atoms with van der Waals surface area (Å²) < 4.78 is 0. The van der Waals surface area contributed by atoms with Crippen LogP contribution in [0.25, 0.3) is 11.6 Å². The summed E-state index contributed by atoms with van der Waals surface area (Å²) in [5.41, 5.74) is 12.4. The molecule has 0 saturated heterocycles. The molecule has 4 aromatic carbocycles. The fourth-order valence-corrected chi connectivity index (χ4v) is 4.14. The van der Waals surface area contributed by atoms with Crippen LogP contribution in [0.4, 0.5) is 17.1 Å². The number of nitrogens with zero attached hydrogens (tertiary/aromatic N) is 1. The van der Waals surface area contributed by atoms with Crippen LogP contribution in [0, 0.1) is 27.7 Å². The molecule has 0 atom stereocenters. The zero-order valence-corrected chi connectivity index (χ0v) is 19.7. The maximum absolute atomic E-state index is 2.31. The van der Waals surface area contributed by atoms with Crippen molar-refractivity contribution in [2.24, 2.45) is 0 Å². The molecule has 0 fully saturated rings. The van der Waals surface area contributed by atoms with Crippen molar-refractivity contribution in [1.82, 2.24) is 0 Å². The van der Waals surface area contributed by atoms with Crippen LogP contribution in [0.1, 0.15) is 40.3 Å². The Bertz CT molecular complexity index is 1180. The van der Waals surface area contributed by atoms with Crippen LogP contribution in [-0.2, 0) is 0 Å². The lowest BCUT2D eigenvalue weighted by molar-refractivity contribution is 1.27. The summed E-state index contributed by atoms with van der Waals surface area (Å²) in [4.78, 5) is 2.31. The molecule has 0 amide bonds. The normalized spacial score (nSPS) is 11.5. The lowest BCUT2D eigenvalue weighted by atomic mass is 9.98. The Kier molecular flexibility index (Phi) is 6.28. The molecular formula is C31H31N. The number of allylic oxidation sites excluding steroid dienone is 1. The predicted octanol–water partition coefficient (Wildman–Crippen LogP) is 8.95. The van der Waals surface area contributed by atoms with Gasteiger partial charge in [-0.2, -0.15) is 0 Å². The van der Waals surface area contributed by atoms with E-state index < -0.39 is 0 Å². The van der Waals surface area contributed by atoms with Crippen molar-refractivity contribution in [3.63, 3.8) is 0 Å². The summed E-state index contributed by atoms with van der Waals surface area (Å²) in [6.07, 6.45) is 2.27. The average Bonchev–Trinajstić information content (AvgIpc) is 2.77. The fraction of sp³-hybridized carbons (Fsp3) is 0.161. The summed E-state index contributed by atoms with van der Waals surface area (Å²) in [6.45, 7) is 10.8. The van der Waals surface area contributed by atoms with E-state index >= 15 is 0 Å². The minimum absolute atomic E-state index is 1.15. The Hall–Kier alpha value is -3.58. The molecule has 0 bridgehead atoms. The van der Waals surface area contributed by atoms with E-state index in [2.05, 4.69) is 137 Å². The first-order valence-electron chi connectivity index (χ1n) is 11.2. The first kappa shape index (κ1) is 21.6. The molecule has 4 aromatic rings. The highest BCUT2D eigenvalue weighted by atomic mass is 15.1. The van der Waals surface area contributed by atoms with Gasteiger partial charge in [-0.1, -0.05) is 77.4 Å². The minimum Gasteiger partial charge on any atom is -0.311 e. The van der Waals surface area contributed by atoms with Gasteiger partial charge in [0.1, 0.15) is 0 Å². The Morgan fingerprint density at radius 3 is 1.47 bits per heavy atom. The molecule has 0 aliphatic carbocycles. The third kappa shape index (κ3) is 4.84. The average molecular weight is 418 g/mol. The molecule has 0 heterocycles. The first-order chi connectivity index (χ1) is 15.4. The van der Waals surface area contributed by atoms with Gasteiger partial charge >= 0.3 is 0 Å². The molecule has 0 radical (unpaired) electrons. The number of aryl methyl sites for hydroxylation is 4. The van der Waals surface area contributed by atoms with Crippen LogP contribution in [0.3, 0.4) is 0 Å². The topological polar surface area (TPSA) is 3.24 Å². The van der Waals surface area contributed by atoms with Gasteiger partial charge in [0.2, 0.25) is 0 Å². The van der Waals surface area contributed by atoms with Gasteiger partial charge in [0, 0.05) is 17.1 Å². The van der Waals surface area contributed by atoms with Crippen molar-refractivity contribution in [2.75, 3.05) is 4.90 Å². The van der Waals surface area contributed by atoms with Crippen LogP contribution in [0.2, 0.25) is 0 Å². The van der Waals surface area contributed by atoms with E-state index in [4.69, 9.17) is 0 Å². The van der Waals surface area contributed by atoms with Crippen molar-refractivity contribution < 1.29 is 0 Å². The monoisotopic (exact) mass is 417 g/mol. The summed E-state index contributed by atoms with van der Waals surface area (Å²) in [6, 6.07) is 32.9. The third-order valence-corrected chi connectivity index (χ3v) is 5.93. The molecular weight excluding hydrogens is 386 g/mol. The molecule has 4 rings (SSSR count). The number of hydrogen-bond acceptors (Lipinski definition) is 1. The van der Waals surface area contributed by atoms with E-state index in [1.165, 1.54) is 39.0 Å². The summed E-state index contributed by atoms with van der Waals surface area (Å²) in [5.74, 6) is 0. The Labute approximate surface area is 192 Å². The van der Waals surface area contributed by atoms with Gasteiger partial charge in [-0.05, 0) is 93.3 Å². The second-order valence-electron chi connectivity index (χ2n) is 8.74.